The van der Waals surface area contributed by atoms with E-state index >= 15 is 0 Å². The van der Waals surface area contributed by atoms with Gasteiger partial charge in [-0.3, -0.25) is 5.41 Å². The van der Waals surface area contributed by atoms with Crippen molar-refractivity contribution in [2.75, 3.05) is 31.6 Å². The van der Waals surface area contributed by atoms with E-state index in [0.717, 1.165) is 36.3 Å². The molecule has 0 radical (unpaired) electrons. The molecule has 2 aliphatic rings. The van der Waals surface area contributed by atoms with Crippen LogP contribution >= 0.6 is 0 Å². The van der Waals surface area contributed by atoms with Crippen LogP contribution in [0, 0.1) is 11.3 Å². The molecule has 0 amide bonds. The number of likely N-dealkylation sites (tertiary alicyclic amines) is 1. The Morgan fingerprint density at radius 2 is 2.05 bits per heavy atom. The van der Waals surface area contributed by atoms with Crippen LogP contribution in [-0.4, -0.2) is 43.5 Å². The summed E-state index contributed by atoms with van der Waals surface area (Å²) in [6.07, 6.45) is 3.85. The molecular weight excluding hydrogens is 248 g/mol. The monoisotopic (exact) mass is 272 g/mol. The molecule has 0 aromatic heterocycles. The van der Waals surface area contributed by atoms with Gasteiger partial charge in [-0.05, 0) is 50.9 Å². The summed E-state index contributed by atoms with van der Waals surface area (Å²) in [6.45, 7) is 3.40. The summed E-state index contributed by atoms with van der Waals surface area (Å²) in [4.78, 5) is 4.96. The summed E-state index contributed by atoms with van der Waals surface area (Å²) in [5, 5.41) is 7.75. The van der Waals surface area contributed by atoms with Gasteiger partial charge in [0, 0.05) is 30.4 Å². The summed E-state index contributed by atoms with van der Waals surface area (Å²) < 4.78 is 0. The average molecular weight is 272 g/mol. The third-order valence-corrected chi connectivity index (χ3v) is 4.88. The van der Waals surface area contributed by atoms with Crippen LogP contribution in [0.2, 0.25) is 0 Å². The first-order chi connectivity index (χ1) is 9.66. The largest absolute Gasteiger partial charge is 0.384 e. The van der Waals surface area contributed by atoms with Crippen molar-refractivity contribution in [2.24, 2.45) is 11.7 Å². The summed E-state index contributed by atoms with van der Waals surface area (Å²) >= 11 is 0. The van der Waals surface area contributed by atoms with Gasteiger partial charge < -0.3 is 15.5 Å². The molecule has 2 heterocycles. The van der Waals surface area contributed by atoms with Gasteiger partial charge in [0.1, 0.15) is 5.84 Å². The van der Waals surface area contributed by atoms with E-state index in [-0.39, 0.29) is 5.84 Å². The van der Waals surface area contributed by atoms with E-state index < -0.39 is 0 Å². The fourth-order valence-electron chi connectivity index (χ4n) is 3.85. The normalized spacial score (nSPS) is 27.1. The van der Waals surface area contributed by atoms with Gasteiger partial charge >= 0.3 is 0 Å². The number of benzene rings is 1. The first kappa shape index (κ1) is 13.4. The molecule has 2 fully saturated rings. The maximum atomic E-state index is 7.75. The standard InChI is InChI=1S/C16H24N4/c1-19-9-4-5-12-11-20(10-8-14(12)19)15-7-3-2-6-13(15)16(17)18/h2-3,6-7,12,14H,4-5,8-11H2,1H3,(H3,17,18). The molecule has 0 aliphatic carbocycles. The van der Waals surface area contributed by atoms with E-state index in [9.17, 15) is 0 Å². The Kier molecular flexibility index (Phi) is 3.66. The molecule has 3 rings (SSSR count). The molecular formula is C16H24N4. The van der Waals surface area contributed by atoms with Crippen LogP contribution < -0.4 is 10.6 Å². The number of hydrogen-bond donors (Lipinski definition) is 2. The van der Waals surface area contributed by atoms with Crippen LogP contribution in [0.1, 0.15) is 24.8 Å². The molecule has 0 bridgehead atoms. The second-order valence-electron chi connectivity index (χ2n) is 6.12. The lowest BCUT2D eigenvalue weighted by Crippen LogP contribution is -2.53. The van der Waals surface area contributed by atoms with Gasteiger partial charge in [0.25, 0.3) is 0 Å². The SMILES string of the molecule is CN1CCCC2CN(c3ccccc3C(=N)N)CCC21. The molecule has 2 unspecified atom stereocenters. The molecule has 4 heteroatoms. The fraction of sp³-hybridized carbons (Fsp3) is 0.562. The number of hydrogen-bond acceptors (Lipinski definition) is 3. The minimum atomic E-state index is 0.170. The maximum absolute atomic E-state index is 7.75. The van der Waals surface area contributed by atoms with Crippen molar-refractivity contribution >= 4 is 11.5 Å². The van der Waals surface area contributed by atoms with Crippen molar-refractivity contribution in [3.63, 3.8) is 0 Å². The molecule has 0 spiro atoms. The number of anilines is 1. The number of nitrogens with one attached hydrogen (secondary N) is 1. The molecule has 1 aromatic carbocycles. The van der Waals surface area contributed by atoms with Crippen LogP contribution in [0.5, 0.6) is 0 Å². The highest BCUT2D eigenvalue weighted by Crippen LogP contribution is 2.33. The molecule has 20 heavy (non-hydrogen) atoms. The number of nitrogens with zero attached hydrogens (tertiary/aromatic N) is 2. The van der Waals surface area contributed by atoms with E-state index in [0.29, 0.717) is 0 Å². The third kappa shape index (κ3) is 2.40. The molecule has 2 atom stereocenters. The van der Waals surface area contributed by atoms with Gasteiger partial charge in [-0.2, -0.15) is 0 Å². The summed E-state index contributed by atoms with van der Waals surface area (Å²) in [5.41, 5.74) is 7.73. The van der Waals surface area contributed by atoms with Crippen LogP contribution in [-0.2, 0) is 0 Å². The summed E-state index contributed by atoms with van der Waals surface area (Å²) in [7, 11) is 2.26. The van der Waals surface area contributed by atoms with Crippen molar-refractivity contribution in [3.05, 3.63) is 29.8 Å². The number of nitrogen functional groups attached to an aromatic ring is 1. The van der Waals surface area contributed by atoms with Crippen LogP contribution in [0.4, 0.5) is 5.69 Å². The van der Waals surface area contributed by atoms with Crippen LogP contribution in [0.15, 0.2) is 24.3 Å². The van der Waals surface area contributed by atoms with Gasteiger partial charge in [0.15, 0.2) is 0 Å². The Hall–Kier alpha value is -1.55. The van der Waals surface area contributed by atoms with E-state index in [4.69, 9.17) is 11.1 Å². The molecule has 4 nitrogen and oxygen atoms in total. The Bertz CT molecular complexity index is 499. The number of amidine groups is 1. The molecule has 108 valence electrons. The number of rotatable bonds is 2. The van der Waals surface area contributed by atoms with Crippen molar-refractivity contribution in [3.8, 4) is 0 Å². The second-order valence-corrected chi connectivity index (χ2v) is 6.12. The Morgan fingerprint density at radius 3 is 2.85 bits per heavy atom. The number of fused-ring (bicyclic) bond motifs is 1. The first-order valence-electron chi connectivity index (χ1n) is 7.55. The molecule has 2 aliphatic heterocycles. The van der Waals surface area contributed by atoms with Gasteiger partial charge in [-0.1, -0.05) is 12.1 Å². The highest BCUT2D eigenvalue weighted by molar-refractivity contribution is 6.00. The van der Waals surface area contributed by atoms with E-state index in [1.807, 2.05) is 18.2 Å². The molecule has 2 saturated heterocycles. The Balaban J connectivity index is 1.81. The van der Waals surface area contributed by atoms with Crippen LogP contribution in [0.3, 0.4) is 0 Å². The average Bonchev–Trinajstić information content (AvgIpc) is 2.47. The van der Waals surface area contributed by atoms with Crippen molar-refractivity contribution < 1.29 is 0 Å². The lowest BCUT2D eigenvalue weighted by molar-refractivity contribution is 0.102. The van der Waals surface area contributed by atoms with Gasteiger partial charge in [-0.15, -0.1) is 0 Å². The smallest absolute Gasteiger partial charge is 0.124 e. The fourth-order valence-corrected chi connectivity index (χ4v) is 3.85. The third-order valence-electron chi connectivity index (χ3n) is 4.88. The highest BCUT2D eigenvalue weighted by Gasteiger charge is 2.34. The van der Waals surface area contributed by atoms with Crippen molar-refractivity contribution in [2.45, 2.75) is 25.3 Å². The highest BCUT2D eigenvalue weighted by atomic mass is 15.2. The first-order valence-corrected chi connectivity index (χ1v) is 7.55. The zero-order valence-corrected chi connectivity index (χ0v) is 12.2. The van der Waals surface area contributed by atoms with E-state index in [1.165, 1.54) is 25.8 Å². The predicted molar refractivity (Wildman–Crippen MR) is 83.4 cm³/mol. The number of piperidine rings is 2. The number of nitrogens with two attached hydrogens (primary N) is 1. The molecule has 3 N–H and O–H groups in total. The van der Waals surface area contributed by atoms with Gasteiger partial charge in [0.2, 0.25) is 0 Å². The second kappa shape index (κ2) is 5.44. The molecule has 1 aromatic rings. The Labute approximate surface area is 121 Å². The van der Waals surface area contributed by atoms with Crippen molar-refractivity contribution in [1.29, 1.82) is 5.41 Å². The summed E-state index contributed by atoms with van der Waals surface area (Å²) in [6, 6.07) is 8.80. The maximum Gasteiger partial charge on any atom is 0.124 e. The van der Waals surface area contributed by atoms with Crippen molar-refractivity contribution in [1.82, 2.24) is 4.90 Å². The molecule has 0 saturated carbocycles. The lowest BCUT2D eigenvalue weighted by Gasteiger charge is -2.47. The zero-order valence-electron chi connectivity index (χ0n) is 12.2. The minimum Gasteiger partial charge on any atom is -0.384 e. The Morgan fingerprint density at radius 1 is 1.25 bits per heavy atom. The number of para-hydroxylation sites is 1. The van der Waals surface area contributed by atoms with Crippen LogP contribution in [0.25, 0.3) is 0 Å². The van der Waals surface area contributed by atoms with E-state index in [2.05, 4.69) is 22.9 Å². The lowest BCUT2D eigenvalue weighted by atomic mass is 9.84. The predicted octanol–water partition coefficient (Wildman–Crippen LogP) is 1.89. The van der Waals surface area contributed by atoms with Gasteiger partial charge in [-0.25, -0.2) is 0 Å². The summed E-state index contributed by atoms with van der Waals surface area (Å²) in [5.74, 6) is 0.922. The quantitative estimate of drug-likeness (QED) is 0.638. The topological polar surface area (TPSA) is 56.4 Å². The zero-order chi connectivity index (χ0) is 14.1. The van der Waals surface area contributed by atoms with Gasteiger partial charge in [0.05, 0.1) is 0 Å². The minimum absolute atomic E-state index is 0.170. The van der Waals surface area contributed by atoms with E-state index in [1.54, 1.807) is 0 Å².